The molecular formula is C20H36. The van der Waals surface area contributed by atoms with Crippen molar-refractivity contribution in [1.82, 2.24) is 0 Å². The van der Waals surface area contributed by atoms with Crippen LogP contribution in [-0.2, 0) is 0 Å². The van der Waals surface area contributed by atoms with Crippen molar-refractivity contribution in [2.24, 2.45) is 0 Å². The van der Waals surface area contributed by atoms with Gasteiger partial charge in [-0.3, -0.25) is 0 Å². The third-order valence-corrected chi connectivity index (χ3v) is 4.37. The van der Waals surface area contributed by atoms with E-state index >= 15 is 0 Å². The number of rotatable bonds is 0. The fraction of sp³-hybridized carbons (Fsp3) is 0.800. The quantitative estimate of drug-likeness (QED) is 0.433. The molecule has 0 saturated heterocycles. The Labute approximate surface area is 127 Å². The summed E-state index contributed by atoms with van der Waals surface area (Å²) in [5.41, 5.74) is 0. The number of hydrogen-bond donors (Lipinski definition) is 0. The van der Waals surface area contributed by atoms with Crippen molar-refractivity contribution in [2.45, 2.75) is 103 Å². The molecule has 116 valence electrons. The minimum atomic E-state index is 1.27. The van der Waals surface area contributed by atoms with Crippen LogP contribution in [0.2, 0.25) is 0 Å². The van der Waals surface area contributed by atoms with Crippen LogP contribution >= 0.6 is 0 Å². The summed E-state index contributed by atoms with van der Waals surface area (Å²) in [5, 5.41) is 0. The zero-order valence-electron chi connectivity index (χ0n) is 13.6. The monoisotopic (exact) mass is 276 g/mol. The van der Waals surface area contributed by atoms with Crippen LogP contribution in [0.1, 0.15) is 103 Å². The van der Waals surface area contributed by atoms with E-state index in [-0.39, 0.29) is 0 Å². The van der Waals surface area contributed by atoms with E-state index in [4.69, 9.17) is 0 Å². The van der Waals surface area contributed by atoms with Crippen LogP contribution in [0, 0.1) is 0 Å². The van der Waals surface area contributed by atoms with Gasteiger partial charge in [0.1, 0.15) is 0 Å². The molecule has 0 heterocycles. The van der Waals surface area contributed by atoms with E-state index in [1.165, 1.54) is 103 Å². The highest BCUT2D eigenvalue weighted by Crippen LogP contribution is 2.14. The summed E-state index contributed by atoms with van der Waals surface area (Å²) in [6, 6.07) is 0. The minimum Gasteiger partial charge on any atom is -0.0845 e. The van der Waals surface area contributed by atoms with Crippen molar-refractivity contribution in [2.75, 3.05) is 0 Å². The highest BCUT2D eigenvalue weighted by Gasteiger charge is 1.94. The third-order valence-electron chi connectivity index (χ3n) is 4.37. The average molecular weight is 277 g/mol. The molecule has 0 amide bonds. The van der Waals surface area contributed by atoms with Crippen molar-refractivity contribution in [1.29, 1.82) is 0 Å². The van der Waals surface area contributed by atoms with Gasteiger partial charge >= 0.3 is 0 Å². The molecule has 0 aliphatic heterocycles. The maximum Gasteiger partial charge on any atom is -0.0348 e. The van der Waals surface area contributed by atoms with Crippen LogP contribution in [0.3, 0.4) is 0 Å². The Hall–Kier alpha value is -0.520. The van der Waals surface area contributed by atoms with Gasteiger partial charge in [0.25, 0.3) is 0 Å². The summed E-state index contributed by atoms with van der Waals surface area (Å²) in [6.45, 7) is 0. The Morgan fingerprint density at radius 3 is 0.850 bits per heavy atom. The Morgan fingerprint density at radius 2 is 0.550 bits per heavy atom. The minimum absolute atomic E-state index is 1.27. The lowest BCUT2D eigenvalue weighted by atomic mass is 10.0. The molecule has 0 aromatic rings. The third kappa shape index (κ3) is 12.5. The van der Waals surface area contributed by atoms with Gasteiger partial charge in [0.15, 0.2) is 0 Å². The van der Waals surface area contributed by atoms with Crippen LogP contribution < -0.4 is 0 Å². The van der Waals surface area contributed by atoms with Crippen molar-refractivity contribution < 1.29 is 0 Å². The molecule has 20 heavy (non-hydrogen) atoms. The number of hydrogen-bond acceptors (Lipinski definition) is 0. The molecule has 0 heteroatoms. The molecule has 0 aromatic heterocycles. The largest absolute Gasteiger partial charge is 0.0845 e. The second-order valence-electron chi connectivity index (χ2n) is 6.38. The van der Waals surface area contributed by atoms with Crippen LogP contribution in [-0.4, -0.2) is 0 Å². The summed E-state index contributed by atoms with van der Waals surface area (Å²) in [7, 11) is 0. The molecule has 0 atom stereocenters. The first kappa shape index (κ1) is 17.5. The molecular weight excluding hydrogens is 240 g/mol. The Balaban J connectivity index is 2.12. The molecule has 1 aliphatic rings. The van der Waals surface area contributed by atoms with Gasteiger partial charge in [0.05, 0.1) is 0 Å². The summed E-state index contributed by atoms with van der Waals surface area (Å²) >= 11 is 0. The van der Waals surface area contributed by atoms with Crippen molar-refractivity contribution >= 4 is 0 Å². The SMILES string of the molecule is C1=CCCCCCCCCCCCCCCCC/C=C\1. The van der Waals surface area contributed by atoms with Crippen molar-refractivity contribution in [3.8, 4) is 0 Å². The first-order valence-electron chi connectivity index (χ1n) is 9.32. The molecule has 0 fully saturated rings. The van der Waals surface area contributed by atoms with E-state index in [1.807, 2.05) is 0 Å². The average Bonchev–Trinajstić information content (AvgIpc) is 2.46. The lowest BCUT2D eigenvalue weighted by Gasteiger charge is -2.03. The van der Waals surface area contributed by atoms with Crippen molar-refractivity contribution in [3.63, 3.8) is 0 Å². The highest BCUT2D eigenvalue weighted by molar-refractivity contribution is 5.02. The lowest BCUT2D eigenvalue weighted by Crippen LogP contribution is -1.83. The van der Waals surface area contributed by atoms with Gasteiger partial charge in [-0.1, -0.05) is 101 Å². The number of allylic oxidation sites excluding steroid dienone is 4. The summed E-state index contributed by atoms with van der Waals surface area (Å²) < 4.78 is 0. The van der Waals surface area contributed by atoms with Gasteiger partial charge in [0.2, 0.25) is 0 Å². The van der Waals surface area contributed by atoms with Gasteiger partial charge in [-0.25, -0.2) is 0 Å². The molecule has 1 aliphatic carbocycles. The maximum absolute atomic E-state index is 2.34. The fourth-order valence-electron chi connectivity index (χ4n) is 3.00. The Morgan fingerprint density at radius 1 is 0.300 bits per heavy atom. The maximum atomic E-state index is 2.34. The van der Waals surface area contributed by atoms with Crippen LogP contribution in [0.4, 0.5) is 0 Å². The topological polar surface area (TPSA) is 0 Å². The van der Waals surface area contributed by atoms with E-state index < -0.39 is 0 Å². The second-order valence-corrected chi connectivity index (χ2v) is 6.38. The summed E-state index contributed by atoms with van der Waals surface area (Å²) in [5.74, 6) is 0. The smallest absolute Gasteiger partial charge is 0.0348 e. The standard InChI is InChI=1S/C20H36/c1-2-4-6-8-10-12-14-16-18-20-19-17-15-13-11-9-7-5-3-1/h1-4H,5-20H2/b3-1-,4-2?. The Kier molecular flexibility index (Phi) is 13.0. The van der Waals surface area contributed by atoms with E-state index in [1.54, 1.807) is 0 Å². The molecule has 0 N–H and O–H groups in total. The van der Waals surface area contributed by atoms with Crippen LogP contribution in [0.5, 0.6) is 0 Å². The molecule has 0 unspecified atom stereocenters. The van der Waals surface area contributed by atoms with E-state index in [0.717, 1.165) is 0 Å². The first-order valence-corrected chi connectivity index (χ1v) is 9.32. The molecule has 1 rings (SSSR count). The van der Waals surface area contributed by atoms with Gasteiger partial charge in [-0.15, -0.1) is 0 Å². The van der Waals surface area contributed by atoms with Gasteiger partial charge in [-0.2, -0.15) is 0 Å². The summed E-state index contributed by atoms with van der Waals surface area (Å²) in [6.07, 6.45) is 32.0. The second kappa shape index (κ2) is 14.9. The summed E-state index contributed by atoms with van der Waals surface area (Å²) in [4.78, 5) is 0. The fourth-order valence-corrected chi connectivity index (χ4v) is 3.00. The molecule has 0 aromatic carbocycles. The van der Waals surface area contributed by atoms with Gasteiger partial charge in [0, 0.05) is 0 Å². The lowest BCUT2D eigenvalue weighted by molar-refractivity contribution is 0.534. The zero-order valence-corrected chi connectivity index (χ0v) is 13.6. The molecule has 0 radical (unpaired) electrons. The Bertz CT molecular complexity index is 210. The van der Waals surface area contributed by atoms with E-state index in [9.17, 15) is 0 Å². The molecule has 0 spiro atoms. The van der Waals surface area contributed by atoms with Crippen LogP contribution in [0.25, 0.3) is 0 Å². The predicted molar refractivity (Wildman–Crippen MR) is 92.2 cm³/mol. The molecule has 0 saturated carbocycles. The highest BCUT2D eigenvalue weighted by atomic mass is 14.0. The predicted octanol–water partition coefficient (Wildman–Crippen LogP) is 7.35. The van der Waals surface area contributed by atoms with E-state index in [2.05, 4.69) is 24.3 Å². The molecule has 0 bridgehead atoms. The normalized spacial score (nSPS) is 24.0. The molecule has 0 nitrogen and oxygen atoms in total. The van der Waals surface area contributed by atoms with Crippen molar-refractivity contribution in [3.05, 3.63) is 24.3 Å². The zero-order chi connectivity index (χ0) is 14.1. The first-order chi connectivity index (χ1) is 10.0. The van der Waals surface area contributed by atoms with Crippen LogP contribution in [0.15, 0.2) is 24.3 Å². The van der Waals surface area contributed by atoms with Gasteiger partial charge in [-0.05, 0) is 25.7 Å². The van der Waals surface area contributed by atoms with Gasteiger partial charge < -0.3 is 0 Å². The van der Waals surface area contributed by atoms with E-state index in [0.29, 0.717) is 0 Å².